The van der Waals surface area contributed by atoms with Gasteiger partial charge >= 0.3 is 19.8 Å². The van der Waals surface area contributed by atoms with Crippen molar-refractivity contribution in [2.24, 2.45) is 5.73 Å². The molecule has 0 bridgehead atoms. The zero-order chi connectivity index (χ0) is 71.5. The number of ether oxygens (including phenoxy) is 2. The third-order valence-electron chi connectivity index (χ3n) is 15.2. The molecular weight excluding hydrogens is 1240 g/mol. The number of nitrogens with two attached hydrogens (primary N) is 1. The summed E-state index contributed by atoms with van der Waals surface area (Å²) in [7, 11) is -4.42. The van der Waals surface area contributed by atoms with Crippen LogP contribution in [0.15, 0.2) is 243 Å². The van der Waals surface area contributed by atoms with Gasteiger partial charge in [-0.05, 0) is 167 Å². The van der Waals surface area contributed by atoms with Crippen LogP contribution in [-0.2, 0) is 32.7 Å². The van der Waals surface area contributed by atoms with Gasteiger partial charge in [-0.2, -0.15) is 0 Å². The van der Waals surface area contributed by atoms with Crippen LogP contribution in [0.2, 0.25) is 0 Å². The van der Waals surface area contributed by atoms with Gasteiger partial charge in [-0.1, -0.05) is 334 Å². The van der Waals surface area contributed by atoms with Crippen molar-refractivity contribution in [2.45, 2.75) is 277 Å². The van der Waals surface area contributed by atoms with E-state index in [0.717, 1.165) is 193 Å². The zero-order valence-corrected chi connectivity index (χ0v) is 63.0. The molecule has 0 aliphatic heterocycles. The highest BCUT2D eigenvalue weighted by atomic mass is 31.2. The summed E-state index contributed by atoms with van der Waals surface area (Å²) in [5.74, 6) is -0.865. The molecule has 0 fully saturated rings. The Morgan fingerprint density at radius 3 is 0.778 bits per heavy atom. The molecule has 0 amide bonds. The minimum Gasteiger partial charge on any atom is -0.462 e. The molecule has 0 heterocycles. The Morgan fingerprint density at radius 1 is 0.303 bits per heavy atom. The maximum absolute atomic E-state index is 12.8. The predicted octanol–water partition coefficient (Wildman–Crippen LogP) is 26.3. The molecule has 99 heavy (non-hydrogen) atoms. The van der Waals surface area contributed by atoms with E-state index in [0.29, 0.717) is 12.8 Å². The van der Waals surface area contributed by atoms with Crippen molar-refractivity contribution in [3.63, 3.8) is 0 Å². The normalized spacial score (nSPS) is 14.3. The number of rotatable bonds is 69. The highest BCUT2D eigenvalue weighted by molar-refractivity contribution is 7.47. The molecule has 0 saturated carbocycles. The van der Waals surface area contributed by atoms with Crippen molar-refractivity contribution in [1.82, 2.24) is 0 Å². The van der Waals surface area contributed by atoms with Crippen molar-refractivity contribution in [3.05, 3.63) is 243 Å². The Bertz CT molecular complexity index is 2530. The Kier molecular flexibility index (Phi) is 75.7. The molecule has 0 rings (SSSR count). The van der Waals surface area contributed by atoms with Crippen molar-refractivity contribution >= 4 is 19.8 Å². The number of phosphoric acid groups is 1. The second-order valence-electron chi connectivity index (χ2n) is 24.4. The fourth-order valence-electron chi connectivity index (χ4n) is 9.63. The first-order chi connectivity index (χ1) is 48.8. The number of allylic oxidation sites excluding steroid dienone is 40. The van der Waals surface area contributed by atoms with Crippen LogP contribution in [0.25, 0.3) is 0 Å². The standard InChI is InChI=1S/C89H138NO8P/c1-3-5-7-9-11-13-15-17-19-21-23-25-27-29-31-33-35-37-39-41-42-43-44-46-48-50-52-54-56-58-60-62-64-66-68-70-72-74-76-78-80-82-89(92)98-87(86-97-99(93,94)96-84-83-90)85-95-88(91)81-79-77-75-73-71-69-67-65-63-61-59-57-55-53-51-49-47-45-40-38-36-34-32-30-28-26-24-22-20-18-16-14-12-10-8-6-4-2/h5-8,11-14,17-20,23-26,29-32,35-38,41-42,44-47,50-53,56-59,63,65,87H,3-4,9-10,15-16,21-22,27-28,33-34,39-40,43,48-49,54-55,60-62,64,66-86,90H2,1-2H3,(H,93,94)/b7-5-,8-6-,13-11-,14-12-,19-17-,20-18-,25-23-,26-24-,31-29-,32-30-,37-35-,38-36-,42-41-,46-44-,47-45-,52-50-,53-51-,58-56-,59-57-,65-63-. The van der Waals surface area contributed by atoms with E-state index in [4.69, 9.17) is 24.3 Å². The highest BCUT2D eigenvalue weighted by Gasteiger charge is 2.26. The van der Waals surface area contributed by atoms with Gasteiger partial charge in [-0.25, -0.2) is 4.57 Å². The van der Waals surface area contributed by atoms with Gasteiger partial charge in [0.05, 0.1) is 13.2 Å². The summed E-state index contributed by atoms with van der Waals surface area (Å²) in [6.45, 7) is 3.47. The smallest absolute Gasteiger partial charge is 0.462 e. The lowest BCUT2D eigenvalue weighted by Gasteiger charge is -2.19. The van der Waals surface area contributed by atoms with Crippen LogP contribution >= 0.6 is 7.82 Å². The van der Waals surface area contributed by atoms with E-state index in [1.165, 1.54) is 38.5 Å². The largest absolute Gasteiger partial charge is 0.472 e. The second kappa shape index (κ2) is 80.8. The van der Waals surface area contributed by atoms with E-state index in [1.807, 2.05) is 0 Å². The molecule has 10 heteroatoms. The molecule has 9 nitrogen and oxygen atoms in total. The SMILES string of the molecule is CC/C=C\C/C=C\C/C=C\C/C=C\C/C=C\C/C=C\C/C=C\C/C=C\C/C=C\C/C=C\CCCCCCCCCCCCC(=O)OC(COC(=O)CCCCCCCC/C=C\C/C=C\C/C=C\C/C=C\C/C=C\C/C=C\C/C=C\C/C=C\C/C=C\C/C=C\CC)COP(=O)(O)OCCN. The van der Waals surface area contributed by atoms with Gasteiger partial charge in [0.1, 0.15) is 6.61 Å². The van der Waals surface area contributed by atoms with Gasteiger partial charge in [-0.3, -0.25) is 18.6 Å². The molecule has 0 saturated heterocycles. The number of hydrogen-bond donors (Lipinski definition) is 2. The molecule has 0 radical (unpaired) electrons. The van der Waals surface area contributed by atoms with Gasteiger partial charge in [0.25, 0.3) is 0 Å². The fraction of sp³-hybridized carbons (Fsp3) is 0.528. The van der Waals surface area contributed by atoms with Crippen LogP contribution < -0.4 is 5.73 Å². The topological polar surface area (TPSA) is 134 Å². The summed E-state index contributed by atoms with van der Waals surface area (Å²) >= 11 is 0. The molecule has 0 aliphatic carbocycles. The zero-order valence-electron chi connectivity index (χ0n) is 62.1. The average Bonchev–Trinajstić information content (AvgIpc) is 1.19. The minimum absolute atomic E-state index is 0.0382. The van der Waals surface area contributed by atoms with E-state index in [1.54, 1.807) is 0 Å². The third kappa shape index (κ3) is 80.7. The maximum atomic E-state index is 12.8. The van der Waals surface area contributed by atoms with E-state index in [-0.39, 0.29) is 32.6 Å². The minimum atomic E-state index is -4.42. The van der Waals surface area contributed by atoms with Crippen LogP contribution in [0.1, 0.15) is 271 Å². The molecule has 0 aromatic rings. The molecule has 0 spiro atoms. The van der Waals surface area contributed by atoms with Crippen LogP contribution in [0.4, 0.5) is 0 Å². The Labute approximate surface area is 606 Å². The summed E-state index contributed by atoms with van der Waals surface area (Å²) in [5.41, 5.74) is 5.41. The molecule has 552 valence electrons. The van der Waals surface area contributed by atoms with Crippen molar-refractivity contribution in [3.8, 4) is 0 Å². The number of esters is 2. The van der Waals surface area contributed by atoms with Crippen LogP contribution in [0.3, 0.4) is 0 Å². The number of carbonyl (C=O) groups is 2. The second-order valence-corrected chi connectivity index (χ2v) is 25.9. The highest BCUT2D eigenvalue weighted by Crippen LogP contribution is 2.43. The van der Waals surface area contributed by atoms with Crippen molar-refractivity contribution in [2.75, 3.05) is 26.4 Å². The average molecular weight is 1380 g/mol. The first-order valence-electron chi connectivity index (χ1n) is 38.5. The summed E-state index contributed by atoms with van der Waals surface area (Å²) in [6, 6.07) is 0. The number of phosphoric ester groups is 1. The molecular formula is C89H138NO8P. The predicted molar refractivity (Wildman–Crippen MR) is 430 cm³/mol. The van der Waals surface area contributed by atoms with Gasteiger partial charge in [0.15, 0.2) is 6.10 Å². The van der Waals surface area contributed by atoms with E-state index >= 15 is 0 Å². The van der Waals surface area contributed by atoms with E-state index < -0.39 is 32.5 Å². The molecule has 0 aliphatic rings. The molecule has 2 atom stereocenters. The molecule has 0 aromatic carbocycles. The van der Waals surface area contributed by atoms with Gasteiger partial charge in [-0.15, -0.1) is 0 Å². The summed E-state index contributed by atoms with van der Waals surface area (Å²) in [5, 5.41) is 0. The van der Waals surface area contributed by atoms with Gasteiger partial charge in [0.2, 0.25) is 0 Å². The first kappa shape index (κ1) is 92.8. The maximum Gasteiger partial charge on any atom is 0.472 e. The summed E-state index contributed by atoms with van der Waals surface area (Å²) < 4.78 is 33.2. The van der Waals surface area contributed by atoms with E-state index in [2.05, 4.69) is 257 Å². The van der Waals surface area contributed by atoms with Gasteiger partial charge < -0.3 is 20.1 Å². The van der Waals surface area contributed by atoms with Crippen LogP contribution in [0.5, 0.6) is 0 Å². The van der Waals surface area contributed by atoms with Crippen molar-refractivity contribution < 1.29 is 37.6 Å². The number of carbonyl (C=O) groups excluding carboxylic acids is 2. The quantitative estimate of drug-likeness (QED) is 0.0264. The fourth-order valence-corrected chi connectivity index (χ4v) is 10.4. The summed E-state index contributed by atoms with van der Waals surface area (Å²) in [6.07, 6.45) is 128. The molecule has 0 aromatic heterocycles. The Balaban J connectivity index is 4.01. The Morgan fingerprint density at radius 2 is 0.525 bits per heavy atom. The van der Waals surface area contributed by atoms with Gasteiger partial charge in [0, 0.05) is 19.4 Å². The number of hydrogen-bond acceptors (Lipinski definition) is 8. The molecule has 2 unspecified atom stereocenters. The summed E-state index contributed by atoms with van der Waals surface area (Å²) in [4.78, 5) is 35.4. The monoisotopic (exact) mass is 1380 g/mol. The Hall–Kier alpha value is -6.19. The van der Waals surface area contributed by atoms with Crippen LogP contribution in [-0.4, -0.2) is 49.3 Å². The lowest BCUT2D eigenvalue weighted by Crippen LogP contribution is -2.29. The van der Waals surface area contributed by atoms with Crippen LogP contribution in [0, 0.1) is 0 Å². The molecule has 3 N–H and O–H groups in total. The van der Waals surface area contributed by atoms with E-state index in [9.17, 15) is 19.0 Å². The first-order valence-corrected chi connectivity index (χ1v) is 40.0. The lowest BCUT2D eigenvalue weighted by atomic mass is 10.0. The lowest BCUT2D eigenvalue weighted by molar-refractivity contribution is -0.161. The van der Waals surface area contributed by atoms with Crippen molar-refractivity contribution in [1.29, 1.82) is 0 Å². The number of unbranched alkanes of at least 4 members (excludes halogenated alkanes) is 16. The third-order valence-corrected chi connectivity index (χ3v) is 16.2.